The quantitative estimate of drug-likeness (QED) is 0.821. The number of hydrogen-bond acceptors (Lipinski definition) is 5. The van der Waals surface area contributed by atoms with Crippen molar-refractivity contribution in [3.63, 3.8) is 0 Å². The van der Waals surface area contributed by atoms with E-state index in [9.17, 15) is 0 Å². The summed E-state index contributed by atoms with van der Waals surface area (Å²) in [7, 11) is 2.17. The molecule has 22 heavy (non-hydrogen) atoms. The fraction of sp³-hybridized carbons (Fsp3) is 0.529. The van der Waals surface area contributed by atoms with Crippen LogP contribution in [0.4, 0.5) is 0 Å². The van der Waals surface area contributed by atoms with Gasteiger partial charge in [-0.15, -0.1) is 0 Å². The van der Waals surface area contributed by atoms with Gasteiger partial charge in [0, 0.05) is 6.42 Å². The van der Waals surface area contributed by atoms with Crippen molar-refractivity contribution in [1.29, 1.82) is 0 Å². The molecule has 0 atom stereocenters. The first-order chi connectivity index (χ1) is 10.8. The summed E-state index contributed by atoms with van der Waals surface area (Å²) in [4.78, 5) is 6.81. The molecule has 1 aliphatic heterocycles. The third-order valence-electron chi connectivity index (χ3n) is 4.16. The van der Waals surface area contributed by atoms with Crippen LogP contribution in [0.15, 0.2) is 34.9 Å². The predicted molar refractivity (Wildman–Crippen MR) is 83.2 cm³/mol. The molecular weight excluding hydrogens is 278 g/mol. The van der Waals surface area contributed by atoms with Crippen molar-refractivity contribution in [2.75, 3.05) is 20.1 Å². The van der Waals surface area contributed by atoms with Crippen LogP contribution in [0.2, 0.25) is 0 Å². The Bertz CT molecular complexity index is 562. The third kappa shape index (κ3) is 4.39. The monoisotopic (exact) mass is 301 g/mol. The number of benzene rings is 1. The normalized spacial score (nSPS) is 17.0. The van der Waals surface area contributed by atoms with Crippen LogP contribution in [0.5, 0.6) is 0 Å². The molecule has 2 aromatic rings. The Balaban J connectivity index is 1.43. The molecule has 1 aromatic carbocycles. The van der Waals surface area contributed by atoms with Crippen molar-refractivity contribution in [3.05, 3.63) is 47.6 Å². The number of aromatic nitrogens is 2. The van der Waals surface area contributed by atoms with Gasteiger partial charge in [-0.25, -0.2) is 0 Å². The van der Waals surface area contributed by atoms with E-state index >= 15 is 0 Å². The summed E-state index contributed by atoms with van der Waals surface area (Å²) in [6.07, 6.45) is 3.34. The minimum atomic E-state index is 0.370. The SMILES string of the molecule is CN1CCC(Cc2noc(COCc3ccccc3)n2)CC1. The van der Waals surface area contributed by atoms with Gasteiger partial charge in [0.1, 0.15) is 6.61 Å². The molecule has 0 saturated carbocycles. The van der Waals surface area contributed by atoms with E-state index in [1.165, 1.54) is 12.8 Å². The lowest BCUT2D eigenvalue weighted by molar-refractivity contribution is 0.0850. The summed E-state index contributed by atoms with van der Waals surface area (Å²) < 4.78 is 10.9. The Labute approximate surface area is 131 Å². The van der Waals surface area contributed by atoms with Gasteiger partial charge in [0.2, 0.25) is 0 Å². The Morgan fingerprint density at radius 2 is 1.95 bits per heavy atom. The summed E-state index contributed by atoms with van der Waals surface area (Å²) in [5.41, 5.74) is 1.15. The zero-order valence-electron chi connectivity index (χ0n) is 13.1. The molecule has 0 amide bonds. The van der Waals surface area contributed by atoms with Crippen molar-refractivity contribution in [2.45, 2.75) is 32.5 Å². The molecule has 0 spiro atoms. The molecule has 1 saturated heterocycles. The molecule has 1 aliphatic rings. The van der Waals surface area contributed by atoms with Gasteiger partial charge in [-0.05, 0) is 44.5 Å². The summed E-state index contributed by atoms with van der Waals surface area (Å²) in [5, 5.41) is 4.08. The number of rotatable bonds is 6. The number of ether oxygens (including phenoxy) is 1. The van der Waals surface area contributed by atoms with Crippen molar-refractivity contribution in [2.24, 2.45) is 5.92 Å². The van der Waals surface area contributed by atoms with Crippen LogP contribution in [0.25, 0.3) is 0 Å². The molecule has 1 aromatic heterocycles. The summed E-state index contributed by atoms with van der Waals surface area (Å²) in [5.74, 6) is 2.05. The van der Waals surface area contributed by atoms with E-state index in [2.05, 4.69) is 22.1 Å². The van der Waals surface area contributed by atoms with E-state index in [4.69, 9.17) is 9.26 Å². The Morgan fingerprint density at radius 3 is 2.73 bits per heavy atom. The largest absolute Gasteiger partial charge is 0.367 e. The molecule has 118 valence electrons. The first-order valence-electron chi connectivity index (χ1n) is 7.91. The van der Waals surface area contributed by atoms with Crippen molar-refractivity contribution >= 4 is 0 Å². The van der Waals surface area contributed by atoms with Crippen LogP contribution >= 0.6 is 0 Å². The highest BCUT2D eigenvalue weighted by atomic mass is 16.5. The number of nitrogens with zero attached hydrogens (tertiary/aromatic N) is 3. The maximum absolute atomic E-state index is 5.62. The molecule has 0 bridgehead atoms. The molecule has 0 unspecified atom stereocenters. The zero-order chi connectivity index (χ0) is 15.2. The second kappa shape index (κ2) is 7.51. The van der Waals surface area contributed by atoms with Gasteiger partial charge < -0.3 is 14.2 Å². The molecule has 3 rings (SSSR count). The fourth-order valence-corrected chi connectivity index (χ4v) is 2.79. The standard InChI is InChI=1S/C17H23N3O2/c1-20-9-7-14(8-10-20)11-16-18-17(22-19-16)13-21-12-15-5-3-2-4-6-15/h2-6,14H,7-13H2,1H3. The summed E-state index contributed by atoms with van der Waals surface area (Å²) in [6.45, 7) is 3.26. The van der Waals surface area contributed by atoms with Crippen LogP contribution < -0.4 is 0 Å². The minimum absolute atomic E-state index is 0.370. The lowest BCUT2D eigenvalue weighted by Crippen LogP contribution is -2.31. The minimum Gasteiger partial charge on any atom is -0.367 e. The van der Waals surface area contributed by atoms with Crippen molar-refractivity contribution < 1.29 is 9.26 Å². The first-order valence-corrected chi connectivity index (χ1v) is 7.91. The van der Waals surface area contributed by atoms with Gasteiger partial charge in [-0.3, -0.25) is 0 Å². The van der Waals surface area contributed by atoms with Crippen LogP contribution in [-0.2, 0) is 24.4 Å². The maximum atomic E-state index is 5.62. The van der Waals surface area contributed by atoms with Gasteiger partial charge in [0.05, 0.1) is 6.61 Å². The fourth-order valence-electron chi connectivity index (χ4n) is 2.79. The van der Waals surface area contributed by atoms with E-state index in [0.29, 0.717) is 25.0 Å². The lowest BCUT2D eigenvalue weighted by Gasteiger charge is -2.27. The summed E-state index contributed by atoms with van der Waals surface area (Å²) in [6, 6.07) is 10.1. The highest BCUT2D eigenvalue weighted by Crippen LogP contribution is 2.19. The molecule has 0 N–H and O–H groups in total. The Hall–Kier alpha value is -1.72. The van der Waals surface area contributed by atoms with Crippen LogP contribution in [0, 0.1) is 5.92 Å². The lowest BCUT2D eigenvalue weighted by atomic mass is 9.94. The predicted octanol–water partition coefficient (Wildman–Crippen LogP) is 2.67. The molecule has 5 nitrogen and oxygen atoms in total. The second-order valence-electron chi connectivity index (χ2n) is 6.03. The van der Waals surface area contributed by atoms with Crippen LogP contribution in [-0.4, -0.2) is 35.2 Å². The number of likely N-dealkylation sites (tertiary alicyclic amines) is 1. The smallest absolute Gasteiger partial charge is 0.252 e. The molecule has 0 aliphatic carbocycles. The maximum Gasteiger partial charge on any atom is 0.252 e. The molecule has 0 radical (unpaired) electrons. The van der Waals surface area contributed by atoms with E-state index < -0.39 is 0 Å². The van der Waals surface area contributed by atoms with E-state index in [1.54, 1.807) is 0 Å². The van der Waals surface area contributed by atoms with Crippen LogP contribution in [0.3, 0.4) is 0 Å². The van der Waals surface area contributed by atoms with Gasteiger partial charge >= 0.3 is 0 Å². The van der Waals surface area contributed by atoms with Gasteiger partial charge in [0.25, 0.3) is 5.89 Å². The second-order valence-corrected chi connectivity index (χ2v) is 6.03. The highest BCUT2D eigenvalue weighted by Gasteiger charge is 2.19. The van der Waals surface area contributed by atoms with E-state index in [1.807, 2.05) is 30.3 Å². The number of piperidine rings is 1. The molecule has 2 heterocycles. The molecule has 1 fully saturated rings. The van der Waals surface area contributed by atoms with E-state index in [-0.39, 0.29) is 0 Å². The topological polar surface area (TPSA) is 51.4 Å². The Morgan fingerprint density at radius 1 is 1.18 bits per heavy atom. The van der Waals surface area contributed by atoms with Gasteiger partial charge in [-0.1, -0.05) is 35.5 Å². The average molecular weight is 301 g/mol. The molecule has 5 heteroatoms. The van der Waals surface area contributed by atoms with Crippen molar-refractivity contribution in [3.8, 4) is 0 Å². The zero-order valence-corrected chi connectivity index (χ0v) is 13.1. The third-order valence-corrected chi connectivity index (χ3v) is 4.16. The summed E-state index contributed by atoms with van der Waals surface area (Å²) >= 11 is 0. The first kappa shape index (κ1) is 15.2. The van der Waals surface area contributed by atoms with Gasteiger partial charge in [-0.2, -0.15) is 4.98 Å². The van der Waals surface area contributed by atoms with Crippen molar-refractivity contribution in [1.82, 2.24) is 15.0 Å². The highest BCUT2D eigenvalue weighted by molar-refractivity contribution is 5.13. The van der Waals surface area contributed by atoms with E-state index in [0.717, 1.165) is 30.9 Å². The molecular formula is C17H23N3O2. The van der Waals surface area contributed by atoms with Crippen LogP contribution in [0.1, 0.15) is 30.1 Å². The average Bonchev–Trinajstić information content (AvgIpc) is 2.98. The number of hydrogen-bond donors (Lipinski definition) is 0. The Kier molecular flexibility index (Phi) is 5.19. The van der Waals surface area contributed by atoms with Gasteiger partial charge in [0.15, 0.2) is 5.82 Å².